The molecule has 6 nitrogen and oxygen atoms in total. The molecule has 0 fully saturated rings. The molecule has 0 unspecified atom stereocenters. The van der Waals surface area contributed by atoms with Gasteiger partial charge in [-0.15, -0.1) is 0 Å². The lowest BCUT2D eigenvalue weighted by Crippen LogP contribution is -2.33. The van der Waals surface area contributed by atoms with Crippen LogP contribution >= 0.6 is 35.4 Å². The molecule has 4 N–H and O–H groups in total. The maximum Gasteiger partial charge on any atom is 0.250 e. The van der Waals surface area contributed by atoms with Crippen molar-refractivity contribution in [3.05, 3.63) is 82.0 Å². The zero-order valence-corrected chi connectivity index (χ0v) is 17.6. The van der Waals surface area contributed by atoms with Crippen molar-refractivity contribution < 1.29 is 14.0 Å². The van der Waals surface area contributed by atoms with Gasteiger partial charge < -0.3 is 15.5 Å². The Balaban J connectivity index is 1.62. The summed E-state index contributed by atoms with van der Waals surface area (Å²) in [5.41, 5.74) is 6.69. The predicted molar refractivity (Wildman–Crippen MR) is 123 cm³/mol. The zero-order chi connectivity index (χ0) is 21.7. The van der Waals surface area contributed by atoms with Gasteiger partial charge in [-0.3, -0.25) is 14.9 Å². The summed E-state index contributed by atoms with van der Waals surface area (Å²) in [5.74, 6) is -0.0801. The first-order valence-corrected chi connectivity index (χ1v) is 9.73. The number of thiocarbonyl (C=S) groups is 1. The fourth-order valence-corrected chi connectivity index (χ4v) is 3.30. The molecule has 0 bridgehead atoms. The van der Waals surface area contributed by atoms with Crippen molar-refractivity contribution in [2.45, 2.75) is 0 Å². The standard InChI is InChI=1S/C21H15Cl2N3O3S/c22-13-9-12(10-14(23)11-13)18-7-5-15(29-18)6-8-19(27)26-21(30)25-17-4-2-1-3-16(17)20(24)28/h1-11H,(H2,24,28)(H2,25,26,27,30)/b8-6+. The Morgan fingerprint density at radius 3 is 2.43 bits per heavy atom. The molecule has 9 heteroatoms. The first-order chi connectivity index (χ1) is 14.3. The second-order valence-electron chi connectivity index (χ2n) is 6.05. The molecule has 0 aliphatic rings. The monoisotopic (exact) mass is 459 g/mol. The van der Waals surface area contributed by atoms with Gasteiger partial charge in [-0.05, 0) is 60.8 Å². The topological polar surface area (TPSA) is 97.4 Å². The molecule has 30 heavy (non-hydrogen) atoms. The quantitative estimate of drug-likeness (QED) is 0.373. The molecule has 1 aromatic heterocycles. The van der Waals surface area contributed by atoms with Crippen LogP contribution in [-0.2, 0) is 4.79 Å². The number of nitrogens with two attached hydrogens (primary N) is 1. The maximum atomic E-state index is 12.1. The third-order valence-corrected chi connectivity index (χ3v) is 4.49. The van der Waals surface area contributed by atoms with Crippen LogP contribution in [0.2, 0.25) is 10.0 Å². The third-order valence-electron chi connectivity index (χ3n) is 3.85. The highest BCUT2D eigenvalue weighted by atomic mass is 35.5. The van der Waals surface area contributed by atoms with Crippen LogP contribution in [-0.4, -0.2) is 16.9 Å². The normalized spacial score (nSPS) is 10.7. The number of carbonyl (C=O) groups excluding carboxylic acids is 2. The lowest BCUT2D eigenvalue weighted by molar-refractivity contribution is -0.115. The Morgan fingerprint density at radius 1 is 1.03 bits per heavy atom. The summed E-state index contributed by atoms with van der Waals surface area (Å²) in [6.07, 6.45) is 2.76. The van der Waals surface area contributed by atoms with E-state index >= 15 is 0 Å². The molecule has 0 saturated heterocycles. The fraction of sp³-hybridized carbons (Fsp3) is 0. The average molecular weight is 460 g/mol. The lowest BCUT2D eigenvalue weighted by Gasteiger charge is -2.10. The summed E-state index contributed by atoms with van der Waals surface area (Å²) < 4.78 is 5.69. The number of rotatable bonds is 5. The van der Waals surface area contributed by atoms with Gasteiger partial charge in [-0.25, -0.2) is 0 Å². The minimum atomic E-state index is -0.610. The molecule has 1 heterocycles. The fourth-order valence-electron chi connectivity index (χ4n) is 2.57. The van der Waals surface area contributed by atoms with Crippen molar-refractivity contribution in [2.75, 3.05) is 5.32 Å². The highest BCUT2D eigenvalue weighted by Crippen LogP contribution is 2.28. The average Bonchev–Trinajstić information content (AvgIpc) is 3.15. The van der Waals surface area contributed by atoms with Gasteiger partial charge in [0.2, 0.25) is 5.91 Å². The van der Waals surface area contributed by atoms with Crippen LogP contribution in [0.15, 0.2) is 65.1 Å². The van der Waals surface area contributed by atoms with E-state index in [9.17, 15) is 9.59 Å². The van der Waals surface area contributed by atoms with Gasteiger partial charge in [-0.1, -0.05) is 35.3 Å². The van der Waals surface area contributed by atoms with Gasteiger partial charge >= 0.3 is 0 Å². The first-order valence-electron chi connectivity index (χ1n) is 8.57. The van der Waals surface area contributed by atoms with Gasteiger partial charge in [0.05, 0.1) is 11.3 Å². The summed E-state index contributed by atoms with van der Waals surface area (Å²) in [5, 5.41) is 6.26. The summed E-state index contributed by atoms with van der Waals surface area (Å²) in [7, 11) is 0. The Bertz CT molecular complexity index is 1140. The number of para-hydroxylation sites is 1. The molecular formula is C21H15Cl2N3O3S. The second kappa shape index (κ2) is 9.58. The Kier molecular flexibility index (Phi) is 6.89. The van der Waals surface area contributed by atoms with Crippen molar-refractivity contribution in [1.82, 2.24) is 5.32 Å². The van der Waals surface area contributed by atoms with Crippen molar-refractivity contribution in [3.8, 4) is 11.3 Å². The number of halogens is 2. The molecule has 0 spiro atoms. The number of carbonyl (C=O) groups is 2. The summed E-state index contributed by atoms with van der Waals surface area (Å²) in [6.45, 7) is 0. The summed E-state index contributed by atoms with van der Waals surface area (Å²) >= 11 is 17.1. The van der Waals surface area contributed by atoms with E-state index in [-0.39, 0.29) is 10.7 Å². The zero-order valence-electron chi connectivity index (χ0n) is 15.3. The Hall–Kier alpha value is -3.13. The van der Waals surface area contributed by atoms with E-state index in [2.05, 4.69) is 10.6 Å². The van der Waals surface area contributed by atoms with Crippen molar-refractivity contribution in [2.24, 2.45) is 5.73 Å². The molecule has 0 radical (unpaired) electrons. The van der Waals surface area contributed by atoms with Gasteiger partial charge in [0.25, 0.3) is 5.91 Å². The summed E-state index contributed by atoms with van der Waals surface area (Å²) in [4.78, 5) is 23.6. The second-order valence-corrected chi connectivity index (χ2v) is 7.33. The van der Waals surface area contributed by atoms with Gasteiger partial charge in [0.15, 0.2) is 5.11 Å². The minimum Gasteiger partial charge on any atom is -0.457 e. The number of primary amides is 1. The number of nitrogens with one attached hydrogen (secondary N) is 2. The number of anilines is 1. The highest BCUT2D eigenvalue weighted by molar-refractivity contribution is 7.80. The van der Waals surface area contributed by atoms with Crippen LogP contribution in [0.3, 0.4) is 0 Å². The van der Waals surface area contributed by atoms with E-state index < -0.39 is 11.8 Å². The minimum absolute atomic E-state index is 0.0204. The highest BCUT2D eigenvalue weighted by Gasteiger charge is 2.10. The van der Waals surface area contributed by atoms with Gasteiger partial charge in [0, 0.05) is 21.7 Å². The van der Waals surface area contributed by atoms with Gasteiger partial charge in [-0.2, -0.15) is 0 Å². The predicted octanol–water partition coefficient (Wildman–Crippen LogP) is 4.88. The van der Waals surface area contributed by atoms with E-state index in [1.54, 1.807) is 54.6 Å². The molecule has 3 aromatic rings. The van der Waals surface area contributed by atoms with Crippen molar-refractivity contribution in [3.63, 3.8) is 0 Å². The molecule has 2 amide bonds. The maximum absolute atomic E-state index is 12.1. The van der Waals surface area contributed by atoms with Crippen LogP contribution in [0.5, 0.6) is 0 Å². The molecular weight excluding hydrogens is 445 g/mol. The van der Waals surface area contributed by atoms with Crippen LogP contribution in [0.1, 0.15) is 16.1 Å². The van der Waals surface area contributed by atoms with E-state index in [0.717, 1.165) is 5.56 Å². The number of hydrogen-bond acceptors (Lipinski definition) is 4. The van der Waals surface area contributed by atoms with Crippen LogP contribution in [0, 0.1) is 0 Å². The van der Waals surface area contributed by atoms with E-state index in [1.807, 2.05) is 0 Å². The molecule has 0 saturated carbocycles. The van der Waals surface area contributed by atoms with Crippen LogP contribution in [0.4, 0.5) is 5.69 Å². The molecule has 3 rings (SSSR count). The van der Waals surface area contributed by atoms with E-state index in [1.165, 1.54) is 12.2 Å². The Morgan fingerprint density at radius 2 is 1.73 bits per heavy atom. The number of hydrogen-bond donors (Lipinski definition) is 3. The van der Waals surface area contributed by atoms with Crippen molar-refractivity contribution in [1.29, 1.82) is 0 Å². The molecule has 0 aliphatic carbocycles. The largest absolute Gasteiger partial charge is 0.457 e. The lowest BCUT2D eigenvalue weighted by atomic mass is 10.1. The van der Waals surface area contributed by atoms with Crippen LogP contribution in [0.25, 0.3) is 17.4 Å². The molecule has 0 aliphatic heterocycles. The van der Waals surface area contributed by atoms with E-state index in [4.69, 9.17) is 45.6 Å². The molecule has 152 valence electrons. The first kappa shape index (κ1) is 21.6. The van der Waals surface area contributed by atoms with Crippen LogP contribution < -0.4 is 16.4 Å². The summed E-state index contributed by atoms with van der Waals surface area (Å²) in [6, 6.07) is 15.1. The SMILES string of the molecule is NC(=O)c1ccccc1NC(=S)NC(=O)/C=C/c1ccc(-c2cc(Cl)cc(Cl)c2)o1. The third kappa shape index (κ3) is 5.70. The molecule has 0 atom stereocenters. The van der Waals surface area contributed by atoms with E-state index in [0.29, 0.717) is 27.3 Å². The van der Waals surface area contributed by atoms with Crippen molar-refractivity contribution >= 4 is 64.1 Å². The molecule has 2 aromatic carbocycles. The number of furan rings is 1. The Labute approximate surface area is 187 Å². The smallest absolute Gasteiger partial charge is 0.250 e. The van der Waals surface area contributed by atoms with Gasteiger partial charge in [0.1, 0.15) is 11.5 Å². The number of amides is 2. The number of benzene rings is 2.